The predicted molar refractivity (Wildman–Crippen MR) is 159 cm³/mol. The molecule has 0 bridgehead atoms. The number of hydrogen-bond donors (Lipinski definition) is 0. The smallest absolute Gasteiger partial charge is 0.347 e. The first kappa shape index (κ1) is 28.7. The SMILES string of the molecule is CC(C)CCC[C@@H](C)[C@@H]1CC[C@H]2[C@H]3CC=C4C[C@@H](OC(=O)[C@@H](C)Oc5ccccc5)CC[C@]4(C)[C@@H]3CC[C@@]21C. The Hall–Kier alpha value is -1.77. The molecule has 0 amide bonds. The number of allylic oxidation sites excluding steroid dienone is 1. The van der Waals surface area contributed by atoms with Crippen molar-refractivity contribution in [1.29, 1.82) is 0 Å². The van der Waals surface area contributed by atoms with E-state index in [0.29, 0.717) is 11.2 Å². The maximum atomic E-state index is 12.9. The van der Waals surface area contributed by atoms with E-state index < -0.39 is 6.10 Å². The summed E-state index contributed by atoms with van der Waals surface area (Å²) in [5.41, 5.74) is 2.38. The van der Waals surface area contributed by atoms with Crippen molar-refractivity contribution in [2.75, 3.05) is 0 Å². The van der Waals surface area contributed by atoms with Crippen molar-refractivity contribution < 1.29 is 14.3 Å². The molecule has 39 heavy (non-hydrogen) atoms. The van der Waals surface area contributed by atoms with Gasteiger partial charge in [0.2, 0.25) is 0 Å². The summed E-state index contributed by atoms with van der Waals surface area (Å²) in [6.45, 7) is 14.3. The lowest BCUT2D eigenvalue weighted by atomic mass is 9.47. The average Bonchev–Trinajstić information content (AvgIpc) is 3.26. The molecule has 0 radical (unpaired) electrons. The Balaban J connectivity index is 1.21. The number of carbonyl (C=O) groups excluding carboxylic acids is 1. The minimum atomic E-state index is -0.593. The number of fused-ring (bicyclic) bond motifs is 5. The van der Waals surface area contributed by atoms with Crippen LogP contribution in [0.4, 0.5) is 0 Å². The van der Waals surface area contributed by atoms with Gasteiger partial charge in [0.1, 0.15) is 11.9 Å². The molecule has 5 rings (SSSR count). The Kier molecular flexibility index (Phi) is 8.56. The van der Waals surface area contributed by atoms with E-state index in [1.807, 2.05) is 30.3 Å². The fourth-order valence-corrected chi connectivity index (χ4v) is 9.76. The number of ether oxygens (including phenoxy) is 2. The number of carbonyl (C=O) groups is 1. The van der Waals surface area contributed by atoms with Crippen LogP contribution in [-0.2, 0) is 9.53 Å². The van der Waals surface area contributed by atoms with Crippen LogP contribution in [0.1, 0.15) is 112 Å². The fourth-order valence-electron chi connectivity index (χ4n) is 9.76. The van der Waals surface area contributed by atoms with Gasteiger partial charge < -0.3 is 9.47 Å². The van der Waals surface area contributed by atoms with E-state index in [2.05, 4.69) is 40.7 Å². The molecule has 3 nitrogen and oxygen atoms in total. The van der Waals surface area contributed by atoms with Crippen molar-refractivity contribution in [3.8, 4) is 5.75 Å². The monoisotopic (exact) mass is 534 g/mol. The molecule has 3 saturated carbocycles. The van der Waals surface area contributed by atoms with E-state index >= 15 is 0 Å². The fraction of sp³-hybridized carbons (Fsp3) is 0.750. The molecule has 4 aliphatic carbocycles. The average molecular weight is 535 g/mol. The van der Waals surface area contributed by atoms with Crippen molar-refractivity contribution in [2.45, 2.75) is 124 Å². The Morgan fingerprint density at radius 3 is 2.46 bits per heavy atom. The Morgan fingerprint density at radius 2 is 1.72 bits per heavy atom. The maximum Gasteiger partial charge on any atom is 0.347 e. The quantitative estimate of drug-likeness (QED) is 0.234. The highest BCUT2D eigenvalue weighted by Crippen LogP contribution is 2.67. The zero-order valence-electron chi connectivity index (χ0n) is 25.6. The molecule has 0 N–H and O–H groups in total. The number of esters is 1. The number of para-hydroxylation sites is 1. The molecule has 1 aromatic carbocycles. The summed E-state index contributed by atoms with van der Waals surface area (Å²) in [5, 5.41) is 0. The molecule has 1 aromatic rings. The van der Waals surface area contributed by atoms with E-state index in [-0.39, 0.29) is 17.5 Å². The summed E-state index contributed by atoms with van der Waals surface area (Å²) in [5.74, 6) is 5.58. The predicted octanol–water partition coefficient (Wildman–Crippen LogP) is 9.41. The van der Waals surface area contributed by atoms with Gasteiger partial charge in [-0.3, -0.25) is 0 Å². The Labute approximate surface area is 238 Å². The number of rotatable bonds is 9. The van der Waals surface area contributed by atoms with Gasteiger partial charge in [0, 0.05) is 6.42 Å². The van der Waals surface area contributed by atoms with Crippen LogP contribution in [0.15, 0.2) is 42.0 Å². The number of hydrogen-bond acceptors (Lipinski definition) is 3. The van der Waals surface area contributed by atoms with Crippen LogP contribution in [-0.4, -0.2) is 18.2 Å². The molecular formula is C36H54O3. The summed E-state index contributed by atoms with van der Waals surface area (Å²) < 4.78 is 11.9. The van der Waals surface area contributed by atoms with Gasteiger partial charge in [-0.05, 0) is 110 Å². The van der Waals surface area contributed by atoms with Gasteiger partial charge in [-0.2, -0.15) is 0 Å². The van der Waals surface area contributed by atoms with Crippen LogP contribution < -0.4 is 4.74 Å². The second kappa shape index (κ2) is 11.6. The molecule has 4 aliphatic rings. The van der Waals surface area contributed by atoms with Crippen molar-refractivity contribution in [1.82, 2.24) is 0 Å². The molecule has 9 atom stereocenters. The third kappa shape index (κ3) is 5.71. The van der Waals surface area contributed by atoms with Crippen LogP contribution in [0.5, 0.6) is 5.75 Å². The van der Waals surface area contributed by atoms with Crippen molar-refractivity contribution >= 4 is 5.97 Å². The van der Waals surface area contributed by atoms with E-state index in [1.165, 1.54) is 51.4 Å². The second-order valence-electron chi connectivity index (χ2n) is 14.7. The summed E-state index contributed by atoms with van der Waals surface area (Å²) in [4.78, 5) is 12.9. The van der Waals surface area contributed by atoms with Crippen LogP contribution >= 0.6 is 0 Å². The van der Waals surface area contributed by atoms with E-state index in [0.717, 1.165) is 54.8 Å². The Morgan fingerprint density at radius 1 is 0.949 bits per heavy atom. The van der Waals surface area contributed by atoms with Gasteiger partial charge in [0.15, 0.2) is 6.10 Å². The van der Waals surface area contributed by atoms with E-state index in [9.17, 15) is 4.79 Å². The molecule has 3 heteroatoms. The summed E-state index contributed by atoms with van der Waals surface area (Å²) in [6, 6.07) is 9.56. The first-order valence-electron chi connectivity index (χ1n) is 16.2. The largest absolute Gasteiger partial charge is 0.479 e. The second-order valence-corrected chi connectivity index (χ2v) is 14.7. The van der Waals surface area contributed by atoms with Crippen LogP contribution in [0, 0.1) is 46.3 Å². The molecule has 0 unspecified atom stereocenters. The topological polar surface area (TPSA) is 35.5 Å². The van der Waals surface area contributed by atoms with E-state index in [1.54, 1.807) is 12.5 Å². The van der Waals surface area contributed by atoms with Crippen LogP contribution in [0.2, 0.25) is 0 Å². The van der Waals surface area contributed by atoms with Crippen molar-refractivity contribution in [3.63, 3.8) is 0 Å². The molecule has 0 saturated heterocycles. The standard InChI is InChI=1S/C36H54O3/c1-24(2)11-10-12-25(3)31-17-18-32-30-16-15-27-23-29(19-21-35(27,5)33(30)20-22-36(31,32)6)39-34(37)26(4)38-28-13-8-7-9-14-28/h7-9,13-15,24-26,29-33H,10-12,16-23H2,1-6H3/t25-,26-,29+,30-,31+,32+,33-,35+,36-/m1/s1. The maximum absolute atomic E-state index is 12.9. The molecule has 216 valence electrons. The van der Waals surface area contributed by atoms with Crippen molar-refractivity contribution in [2.24, 2.45) is 46.3 Å². The lowest BCUT2D eigenvalue weighted by Gasteiger charge is -2.58. The lowest BCUT2D eigenvalue weighted by Crippen LogP contribution is -2.51. The van der Waals surface area contributed by atoms with Gasteiger partial charge in [0.25, 0.3) is 0 Å². The minimum Gasteiger partial charge on any atom is -0.479 e. The lowest BCUT2D eigenvalue weighted by molar-refractivity contribution is -0.159. The van der Waals surface area contributed by atoms with Crippen LogP contribution in [0.25, 0.3) is 0 Å². The summed E-state index contributed by atoms with van der Waals surface area (Å²) in [6.07, 6.45) is 16.1. The first-order chi connectivity index (χ1) is 18.6. The van der Waals surface area contributed by atoms with Gasteiger partial charge in [0.05, 0.1) is 0 Å². The van der Waals surface area contributed by atoms with Gasteiger partial charge >= 0.3 is 5.97 Å². The third-order valence-electron chi connectivity index (χ3n) is 11.9. The first-order valence-corrected chi connectivity index (χ1v) is 16.2. The van der Waals surface area contributed by atoms with Gasteiger partial charge in [-0.25, -0.2) is 4.79 Å². The molecule has 0 spiro atoms. The molecule has 3 fully saturated rings. The normalized spacial score (nSPS) is 37.2. The molecule has 0 aliphatic heterocycles. The molecule has 0 aromatic heterocycles. The summed E-state index contributed by atoms with van der Waals surface area (Å²) in [7, 11) is 0. The zero-order valence-corrected chi connectivity index (χ0v) is 25.6. The highest BCUT2D eigenvalue weighted by molar-refractivity contribution is 5.74. The van der Waals surface area contributed by atoms with Gasteiger partial charge in [-0.15, -0.1) is 0 Å². The molecular weight excluding hydrogens is 480 g/mol. The minimum absolute atomic E-state index is 0.0217. The highest BCUT2D eigenvalue weighted by atomic mass is 16.6. The van der Waals surface area contributed by atoms with Crippen LogP contribution in [0.3, 0.4) is 0 Å². The number of benzene rings is 1. The Bertz CT molecular complexity index is 1010. The van der Waals surface area contributed by atoms with Gasteiger partial charge in [-0.1, -0.05) is 83.7 Å². The van der Waals surface area contributed by atoms with E-state index in [4.69, 9.17) is 9.47 Å². The van der Waals surface area contributed by atoms with Crippen molar-refractivity contribution in [3.05, 3.63) is 42.0 Å². The highest BCUT2D eigenvalue weighted by Gasteiger charge is 2.59. The molecule has 0 heterocycles. The summed E-state index contributed by atoms with van der Waals surface area (Å²) >= 11 is 0. The third-order valence-corrected chi connectivity index (χ3v) is 11.9. The zero-order chi connectivity index (χ0) is 27.8.